The second kappa shape index (κ2) is 5.76. The highest BCUT2D eigenvalue weighted by atomic mass is 28.3. The smallest absolute Gasteiger partial charge is 0.179 e. The number of aromatic nitrogens is 1. The predicted molar refractivity (Wildman–Crippen MR) is 88.3 cm³/mol. The van der Waals surface area contributed by atoms with Gasteiger partial charge in [0.2, 0.25) is 0 Å². The maximum absolute atomic E-state index is 14.5. The van der Waals surface area contributed by atoms with Crippen LogP contribution in [0.3, 0.4) is 0 Å². The van der Waals surface area contributed by atoms with Gasteiger partial charge in [0, 0.05) is 11.5 Å². The van der Waals surface area contributed by atoms with Crippen molar-refractivity contribution in [2.24, 2.45) is 0 Å². The maximum Gasteiger partial charge on any atom is 0.179 e. The van der Waals surface area contributed by atoms with Gasteiger partial charge in [-0.1, -0.05) is 41.5 Å². The first kappa shape index (κ1) is 17.1. The molecule has 1 aromatic carbocycles. The van der Waals surface area contributed by atoms with Gasteiger partial charge >= 0.3 is 0 Å². The Bertz CT molecular complexity index is 667. The molecular formula is C17H24F3NSi-. The first-order valence-corrected chi connectivity index (χ1v) is 9.98. The lowest BCUT2D eigenvalue weighted by atomic mass is 10.2. The molecular weight excluding hydrogens is 303 g/mol. The van der Waals surface area contributed by atoms with Crippen molar-refractivity contribution in [3.05, 3.63) is 35.8 Å². The van der Waals surface area contributed by atoms with Crippen LogP contribution < -0.4 is 0 Å². The van der Waals surface area contributed by atoms with Gasteiger partial charge in [-0.2, -0.15) is 0 Å². The molecule has 1 aromatic heterocycles. The van der Waals surface area contributed by atoms with E-state index in [-0.39, 0.29) is 10.9 Å². The summed E-state index contributed by atoms with van der Waals surface area (Å²) < 4.78 is 44.1. The number of benzene rings is 1. The van der Waals surface area contributed by atoms with E-state index in [0.29, 0.717) is 22.7 Å². The largest absolute Gasteiger partial charge is 0.497 e. The highest BCUT2D eigenvalue weighted by Gasteiger charge is 2.34. The Morgan fingerprint density at radius 1 is 0.864 bits per heavy atom. The summed E-state index contributed by atoms with van der Waals surface area (Å²) in [6.07, 6.45) is 1.75. The van der Waals surface area contributed by atoms with E-state index in [0.717, 1.165) is 0 Å². The molecule has 0 aliphatic rings. The molecule has 0 radical (unpaired) electrons. The number of halogens is 3. The predicted octanol–water partition coefficient (Wildman–Crippen LogP) is 6.08. The fourth-order valence-electron chi connectivity index (χ4n) is 4.37. The van der Waals surface area contributed by atoms with Crippen LogP contribution in [0.5, 0.6) is 0 Å². The number of nitrogens with zero attached hydrogens (tertiary/aromatic N) is 1. The van der Waals surface area contributed by atoms with E-state index in [1.807, 2.05) is 4.23 Å². The molecule has 0 amide bonds. The van der Waals surface area contributed by atoms with Gasteiger partial charge in [0.15, 0.2) is 11.6 Å². The SMILES string of the molecule is CC(C)[Si-](C(C)C)(C(C)C)n1ccc2c(F)cc(F)c(F)c21. The summed E-state index contributed by atoms with van der Waals surface area (Å²) in [6.45, 7) is 12.8. The van der Waals surface area contributed by atoms with Crippen molar-refractivity contribution in [3.63, 3.8) is 0 Å². The second-order valence-electron chi connectivity index (χ2n) is 6.95. The minimum atomic E-state index is -2.25. The Morgan fingerprint density at radius 3 is 1.82 bits per heavy atom. The molecule has 5 heteroatoms. The third-order valence-corrected chi connectivity index (χ3v) is 11.8. The van der Waals surface area contributed by atoms with Crippen molar-refractivity contribution >= 4 is 19.1 Å². The Morgan fingerprint density at radius 2 is 1.36 bits per heavy atom. The fourth-order valence-corrected chi connectivity index (χ4v) is 11.0. The summed E-state index contributed by atoms with van der Waals surface area (Å²) in [6, 6.07) is 2.20. The molecule has 1 nitrogen and oxygen atoms in total. The van der Waals surface area contributed by atoms with Crippen LogP contribution in [0.15, 0.2) is 18.3 Å². The number of rotatable bonds is 4. The quantitative estimate of drug-likeness (QED) is 0.473. The number of fused-ring (bicyclic) bond motifs is 1. The molecule has 2 rings (SSSR count). The lowest BCUT2D eigenvalue weighted by molar-refractivity contribution is 0.503. The minimum Gasteiger partial charge on any atom is -0.497 e. The highest BCUT2D eigenvalue weighted by Crippen LogP contribution is 2.44. The Kier molecular flexibility index (Phi) is 4.48. The Hall–Kier alpha value is -1.23. The van der Waals surface area contributed by atoms with Crippen molar-refractivity contribution in [3.8, 4) is 0 Å². The zero-order chi connectivity index (χ0) is 16.8. The summed E-state index contributed by atoms with van der Waals surface area (Å²) in [4.78, 5) is 0. The topological polar surface area (TPSA) is 4.93 Å². The van der Waals surface area contributed by atoms with Gasteiger partial charge in [0.1, 0.15) is 5.82 Å². The molecule has 22 heavy (non-hydrogen) atoms. The van der Waals surface area contributed by atoms with E-state index in [9.17, 15) is 13.2 Å². The summed E-state index contributed by atoms with van der Waals surface area (Å²) in [5.41, 5.74) is 1.02. The molecule has 0 fully saturated rings. The van der Waals surface area contributed by atoms with E-state index in [1.165, 1.54) is 0 Å². The van der Waals surface area contributed by atoms with E-state index in [1.54, 1.807) is 12.3 Å². The normalized spacial score (nSPS) is 13.1. The van der Waals surface area contributed by atoms with Gasteiger partial charge in [-0.15, -0.1) is 16.6 Å². The van der Waals surface area contributed by atoms with Crippen LogP contribution in [0, 0.1) is 17.5 Å². The molecule has 0 N–H and O–H groups in total. The number of hydrogen-bond donors (Lipinski definition) is 0. The average Bonchev–Trinajstić information content (AvgIpc) is 2.81. The zero-order valence-electron chi connectivity index (χ0n) is 14.0. The van der Waals surface area contributed by atoms with Crippen molar-refractivity contribution in [2.75, 3.05) is 0 Å². The Labute approximate surface area is 131 Å². The molecule has 0 aliphatic heterocycles. The molecule has 0 saturated heterocycles. The van der Waals surface area contributed by atoms with Crippen LogP contribution in [0.25, 0.3) is 10.9 Å². The van der Waals surface area contributed by atoms with Gasteiger partial charge in [-0.25, -0.2) is 13.2 Å². The Balaban J connectivity index is 2.93. The summed E-state index contributed by atoms with van der Waals surface area (Å²) in [7, 11) is -2.25. The first-order chi connectivity index (χ1) is 10.2. The van der Waals surface area contributed by atoms with Crippen LogP contribution in [-0.2, 0) is 0 Å². The van der Waals surface area contributed by atoms with Crippen molar-refractivity contribution in [1.29, 1.82) is 0 Å². The summed E-state index contributed by atoms with van der Waals surface area (Å²) in [5, 5.41) is 0.165. The lowest BCUT2D eigenvalue weighted by Gasteiger charge is -2.56. The van der Waals surface area contributed by atoms with Crippen LogP contribution in [0.4, 0.5) is 13.2 Å². The molecule has 0 spiro atoms. The third-order valence-electron chi connectivity index (χ3n) is 5.01. The van der Waals surface area contributed by atoms with Crippen molar-refractivity contribution < 1.29 is 13.2 Å². The van der Waals surface area contributed by atoms with Crippen molar-refractivity contribution in [2.45, 2.75) is 58.2 Å². The van der Waals surface area contributed by atoms with Crippen LogP contribution >= 0.6 is 0 Å². The monoisotopic (exact) mass is 327 g/mol. The lowest BCUT2D eigenvalue weighted by Crippen LogP contribution is -2.51. The molecule has 1 heterocycles. The molecule has 0 aliphatic carbocycles. The zero-order valence-corrected chi connectivity index (χ0v) is 15.0. The standard InChI is InChI=1S/C17H24F3NSi/c1-10(2)22(11(3)4,12(5)6)21-8-7-13-14(18)9-15(19)16(20)17(13)21/h7-12H,1-6H3/q-1. The fraction of sp³-hybridized carbons (Fsp3) is 0.529. The molecule has 0 saturated carbocycles. The molecule has 123 valence electrons. The van der Waals surface area contributed by atoms with Crippen LogP contribution in [0.1, 0.15) is 41.5 Å². The van der Waals surface area contributed by atoms with Gasteiger partial charge in [-0.3, -0.25) is 0 Å². The average molecular weight is 327 g/mol. The molecule has 2 aromatic rings. The van der Waals surface area contributed by atoms with Crippen LogP contribution in [0.2, 0.25) is 16.6 Å². The second-order valence-corrected chi connectivity index (χ2v) is 12.7. The van der Waals surface area contributed by atoms with E-state index in [4.69, 9.17) is 0 Å². The molecule has 0 bridgehead atoms. The summed E-state index contributed by atoms with van der Waals surface area (Å²) >= 11 is 0. The van der Waals surface area contributed by atoms with Crippen molar-refractivity contribution in [1.82, 2.24) is 4.23 Å². The first-order valence-electron chi connectivity index (χ1n) is 7.80. The third kappa shape index (κ3) is 2.21. The maximum atomic E-state index is 14.5. The van der Waals surface area contributed by atoms with Crippen LogP contribution in [-0.4, -0.2) is 12.5 Å². The van der Waals surface area contributed by atoms with Gasteiger partial charge in [0.05, 0.1) is 5.52 Å². The number of hydrogen-bond acceptors (Lipinski definition) is 0. The summed E-state index contributed by atoms with van der Waals surface area (Å²) in [5.74, 6) is -2.77. The van der Waals surface area contributed by atoms with E-state index < -0.39 is 25.7 Å². The van der Waals surface area contributed by atoms with E-state index in [2.05, 4.69) is 41.5 Å². The molecule has 0 unspecified atom stereocenters. The van der Waals surface area contributed by atoms with Gasteiger partial charge in [-0.05, 0) is 20.5 Å². The van der Waals surface area contributed by atoms with Gasteiger partial charge in [0.25, 0.3) is 0 Å². The highest BCUT2D eigenvalue weighted by molar-refractivity contribution is 6.82. The minimum absolute atomic E-state index is 0.0836. The molecule has 0 atom stereocenters. The van der Waals surface area contributed by atoms with Gasteiger partial charge < -0.3 is 4.23 Å². The van der Waals surface area contributed by atoms with E-state index >= 15 is 0 Å².